The Morgan fingerprint density at radius 3 is 2.78 bits per heavy atom. The Labute approximate surface area is 103 Å². The topological polar surface area (TPSA) is 87.2 Å². The number of nitriles is 1. The van der Waals surface area contributed by atoms with Crippen LogP contribution >= 0.6 is 0 Å². The number of primary amides is 1. The highest BCUT2D eigenvalue weighted by Gasteiger charge is 2.34. The summed E-state index contributed by atoms with van der Waals surface area (Å²) < 4.78 is 13.3. The third kappa shape index (κ3) is 2.15. The summed E-state index contributed by atoms with van der Waals surface area (Å²) in [6, 6.07) is 5.45. The number of nitrogens with two attached hydrogens (primary N) is 1. The van der Waals surface area contributed by atoms with Gasteiger partial charge < -0.3 is 10.6 Å². The van der Waals surface area contributed by atoms with Crippen LogP contribution in [0.25, 0.3) is 0 Å². The summed E-state index contributed by atoms with van der Waals surface area (Å²) in [6.45, 7) is 0.127. The van der Waals surface area contributed by atoms with Crippen LogP contribution in [0.1, 0.15) is 12.0 Å². The van der Waals surface area contributed by atoms with Gasteiger partial charge in [-0.25, -0.2) is 4.39 Å². The standard InChI is InChI=1S/C12H10FN3O2/c13-9-1-7(5-14)2-10(4-9)16-6-8(12(15)18)3-11(16)17/h1-2,4,8H,3,6H2,(H2,15,18). The van der Waals surface area contributed by atoms with Crippen LogP contribution in [0.4, 0.5) is 10.1 Å². The fourth-order valence-corrected chi connectivity index (χ4v) is 1.94. The minimum Gasteiger partial charge on any atom is -0.369 e. The minimum atomic E-state index is -0.598. The van der Waals surface area contributed by atoms with E-state index in [1.807, 2.05) is 6.07 Å². The molecule has 0 radical (unpaired) electrons. The number of rotatable bonds is 2. The van der Waals surface area contributed by atoms with Crippen molar-refractivity contribution in [2.24, 2.45) is 11.7 Å². The second-order valence-corrected chi connectivity index (χ2v) is 4.12. The molecule has 1 atom stereocenters. The number of nitrogens with zero attached hydrogens (tertiary/aromatic N) is 2. The van der Waals surface area contributed by atoms with E-state index in [2.05, 4.69) is 0 Å². The molecule has 1 saturated heterocycles. The largest absolute Gasteiger partial charge is 0.369 e. The third-order valence-electron chi connectivity index (χ3n) is 2.85. The fraction of sp³-hybridized carbons (Fsp3) is 0.250. The first-order valence-electron chi connectivity index (χ1n) is 5.31. The number of halogens is 1. The Morgan fingerprint density at radius 1 is 1.50 bits per heavy atom. The Morgan fingerprint density at radius 2 is 2.22 bits per heavy atom. The van der Waals surface area contributed by atoms with Crippen molar-refractivity contribution in [3.8, 4) is 6.07 Å². The summed E-state index contributed by atoms with van der Waals surface area (Å²) in [5.41, 5.74) is 5.55. The van der Waals surface area contributed by atoms with Gasteiger partial charge in [-0.1, -0.05) is 0 Å². The molecule has 1 heterocycles. The van der Waals surface area contributed by atoms with Gasteiger partial charge in [-0.05, 0) is 18.2 Å². The molecule has 2 N–H and O–H groups in total. The molecular weight excluding hydrogens is 237 g/mol. The summed E-state index contributed by atoms with van der Waals surface area (Å²) >= 11 is 0. The average Bonchev–Trinajstić information content (AvgIpc) is 2.70. The molecule has 18 heavy (non-hydrogen) atoms. The summed E-state index contributed by atoms with van der Waals surface area (Å²) in [7, 11) is 0. The van der Waals surface area contributed by atoms with Crippen LogP contribution in [0.2, 0.25) is 0 Å². The molecule has 1 aliphatic rings. The first-order valence-corrected chi connectivity index (χ1v) is 5.31. The molecule has 6 heteroatoms. The zero-order valence-electron chi connectivity index (χ0n) is 9.39. The molecule has 0 aliphatic carbocycles. The third-order valence-corrected chi connectivity index (χ3v) is 2.85. The molecular formula is C12H10FN3O2. The van der Waals surface area contributed by atoms with E-state index in [9.17, 15) is 14.0 Å². The normalized spacial score (nSPS) is 18.8. The lowest BCUT2D eigenvalue weighted by Gasteiger charge is -2.16. The molecule has 1 unspecified atom stereocenters. The highest BCUT2D eigenvalue weighted by molar-refractivity contribution is 6.00. The maximum Gasteiger partial charge on any atom is 0.227 e. The second kappa shape index (κ2) is 4.45. The van der Waals surface area contributed by atoms with Crippen molar-refractivity contribution in [1.82, 2.24) is 0 Å². The highest BCUT2D eigenvalue weighted by atomic mass is 19.1. The molecule has 0 spiro atoms. The molecule has 0 aromatic heterocycles. The quantitative estimate of drug-likeness (QED) is 0.827. The molecule has 5 nitrogen and oxygen atoms in total. The highest BCUT2D eigenvalue weighted by Crippen LogP contribution is 2.26. The SMILES string of the molecule is N#Cc1cc(F)cc(N2CC(C(N)=O)CC2=O)c1. The molecule has 0 bridgehead atoms. The molecule has 2 rings (SSSR count). The van der Waals surface area contributed by atoms with E-state index in [1.165, 1.54) is 11.0 Å². The van der Waals surface area contributed by atoms with E-state index in [-0.39, 0.29) is 30.1 Å². The van der Waals surface area contributed by atoms with Crippen LogP contribution < -0.4 is 10.6 Å². The first kappa shape index (κ1) is 12.0. The zero-order valence-corrected chi connectivity index (χ0v) is 9.39. The predicted molar refractivity (Wildman–Crippen MR) is 60.8 cm³/mol. The number of hydrogen-bond acceptors (Lipinski definition) is 3. The predicted octanol–water partition coefficient (Wildman–Crippen LogP) is 0.536. The van der Waals surface area contributed by atoms with Crippen molar-refractivity contribution >= 4 is 17.5 Å². The lowest BCUT2D eigenvalue weighted by Crippen LogP contribution is -2.28. The lowest BCUT2D eigenvalue weighted by atomic mass is 10.1. The van der Waals surface area contributed by atoms with Crippen LogP contribution in [0.15, 0.2) is 18.2 Å². The Balaban J connectivity index is 2.33. The van der Waals surface area contributed by atoms with Crippen molar-refractivity contribution < 1.29 is 14.0 Å². The van der Waals surface area contributed by atoms with Crippen molar-refractivity contribution in [3.05, 3.63) is 29.6 Å². The van der Waals surface area contributed by atoms with Gasteiger partial charge in [0.1, 0.15) is 5.82 Å². The van der Waals surface area contributed by atoms with Crippen molar-refractivity contribution in [2.75, 3.05) is 11.4 Å². The van der Waals surface area contributed by atoms with Gasteiger partial charge in [-0.15, -0.1) is 0 Å². The number of hydrogen-bond donors (Lipinski definition) is 1. The Bertz CT molecular complexity index is 565. The second-order valence-electron chi connectivity index (χ2n) is 4.12. The molecule has 2 amide bonds. The summed E-state index contributed by atoms with van der Waals surface area (Å²) in [4.78, 5) is 24.0. The molecule has 0 saturated carbocycles. The Kier molecular flexibility index (Phi) is 2.98. The molecule has 92 valence electrons. The smallest absolute Gasteiger partial charge is 0.227 e. The fourth-order valence-electron chi connectivity index (χ4n) is 1.94. The van der Waals surface area contributed by atoms with Gasteiger partial charge in [0.25, 0.3) is 0 Å². The first-order chi connectivity index (χ1) is 8.51. The lowest BCUT2D eigenvalue weighted by molar-refractivity contribution is -0.123. The molecule has 1 aromatic carbocycles. The monoisotopic (exact) mass is 247 g/mol. The van der Waals surface area contributed by atoms with Gasteiger partial charge in [0.2, 0.25) is 11.8 Å². The maximum atomic E-state index is 13.3. The van der Waals surface area contributed by atoms with Gasteiger partial charge in [0.05, 0.1) is 17.6 Å². The van der Waals surface area contributed by atoms with Crippen molar-refractivity contribution in [2.45, 2.75) is 6.42 Å². The molecule has 1 aromatic rings. The van der Waals surface area contributed by atoms with E-state index in [0.29, 0.717) is 0 Å². The number of carbonyl (C=O) groups is 2. The number of carbonyl (C=O) groups excluding carboxylic acids is 2. The van der Waals surface area contributed by atoms with Gasteiger partial charge >= 0.3 is 0 Å². The van der Waals surface area contributed by atoms with Crippen LogP contribution in [0.5, 0.6) is 0 Å². The number of anilines is 1. The van der Waals surface area contributed by atoms with Crippen LogP contribution in [-0.4, -0.2) is 18.4 Å². The molecule has 1 fully saturated rings. The van der Waals surface area contributed by atoms with Crippen LogP contribution in [-0.2, 0) is 9.59 Å². The van der Waals surface area contributed by atoms with E-state index in [1.54, 1.807) is 0 Å². The van der Waals surface area contributed by atoms with Crippen LogP contribution in [0.3, 0.4) is 0 Å². The van der Waals surface area contributed by atoms with E-state index >= 15 is 0 Å². The summed E-state index contributed by atoms with van der Waals surface area (Å²) in [5.74, 6) is -2.01. The van der Waals surface area contributed by atoms with E-state index in [0.717, 1.165) is 12.1 Å². The van der Waals surface area contributed by atoms with Gasteiger partial charge in [0, 0.05) is 18.7 Å². The van der Waals surface area contributed by atoms with E-state index < -0.39 is 17.6 Å². The average molecular weight is 247 g/mol. The van der Waals surface area contributed by atoms with Gasteiger partial charge in [0.15, 0.2) is 0 Å². The summed E-state index contributed by atoms with van der Waals surface area (Å²) in [5, 5.41) is 8.74. The van der Waals surface area contributed by atoms with Crippen LogP contribution in [0, 0.1) is 23.1 Å². The van der Waals surface area contributed by atoms with Crippen molar-refractivity contribution in [1.29, 1.82) is 5.26 Å². The minimum absolute atomic E-state index is 0.0216. The van der Waals surface area contributed by atoms with Gasteiger partial charge in [-0.3, -0.25) is 9.59 Å². The van der Waals surface area contributed by atoms with Crippen molar-refractivity contribution in [3.63, 3.8) is 0 Å². The maximum absolute atomic E-state index is 13.3. The van der Waals surface area contributed by atoms with Gasteiger partial charge in [-0.2, -0.15) is 5.26 Å². The Hall–Kier alpha value is -2.42. The van der Waals surface area contributed by atoms with E-state index in [4.69, 9.17) is 11.0 Å². The molecule has 1 aliphatic heterocycles. The summed E-state index contributed by atoms with van der Waals surface area (Å²) in [6.07, 6.45) is 0.0216. The number of benzene rings is 1. The number of amides is 2. The zero-order chi connectivity index (χ0) is 13.3.